The first-order chi connectivity index (χ1) is 9.57. The maximum absolute atomic E-state index is 12.9. The summed E-state index contributed by atoms with van der Waals surface area (Å²) in [6.45, 7) is 4.60. The summed E-state index contributed by atoms with van der Waals surface area (Å²) in [5.74, 6) is -0.353. The van der Waals surface area contributed by atoms with Crippen LogP contribution < -0.4 is 5.73 Å². The van der Waals surface area contributed by atoms with Gasteiger partial charge in [0.15, 0.2) is 0 Å². The van der Waals surface area contributed by atoms with E-state index >= 15 is 0 Å². The Morgan fingerprint density at radius 1 is 1.24 bits per heavy atom. The Bertz CT molecular complexity index is 498. The molecule has 0 saturated carbocycles. The summed E-state index contributed by atoms with van der Waals surface area (Å²) in [5, 5.41) is 0. The zero-order valence-corrected chi connectivity index (χ0v) is 12.5. The third-order valence-electron chi connectivity index (χ3n) is 3.31. The number of likely N-dealkylation sites (N-methyl/N-ethyl adjacent to an activating group) is 1. The molecule has 0 spiro atoms. The molecule has 0 atom stereocenters. The fourth-order valence-corrected chi connectivity index (χ4v) is 2.04. The molecule has 1 aromatic carbocycles. The Morgan fingerprint density at radius 2 is 1.81 bits per heavy atom. The molecule has 0 aliphatic rings. The minimum absolute atomic E-state index is 0.00703. The first-order valence-electron chi connectivity index (χ1n) is 6.66. The number of rotatable bonds is 5. The van der Waals surface area contributed by atoms with Crippen LogP contribution in [0, 0.1) is 5.41 Å². The van der Waals surface area contributed by atoms with Crippen molar-refractivity contribution in [3.05, 3.63) is 35.4 Å². The van der Waals surface area contributed by atoms with E-state index < -0.39 is 11.7 Å². The van der Waals surface area contributed by atoms with E-state index in [9.17, 15) is 18.0 Å². The normalized spacial score (nSPS) is 12.3. The molecular formula is C15H21F3N2O. The Labute approximate surface area is 122 Å². The second-order valence-corrected chi connectivity index (χ2v) is 5.95. The molecule has 0 aromatic heterocycles. The van der Waals surface area contributed by atoms with Gasteiger partial charge in [0.2, 0.25) is 5.91 Å². The van der Waals surface area contributed by atoms with Crippen molar-refractivity contribution in [3.63, 3.8) is 0 Å². The van der Waals surface area contributed by atoms with Crippen LogP contribution in [-0.4, -0.2) is 30.9 Å². The number of carbonyl (C=O) groups is 1. The van der Waals surface area contributed by atoms with Gasteiger partial charge >= 0.3 is 6.18 Å². The van der Waals surface area contributed by atoms with E-state index in [1.165, 1.54) is 23.1 Å². The predicted molar refractivity (Wildman–Crippen MR) is 75.6 cm³/mol. The average molecular weight is 302 g/mol. The summed E-state index contributed by atoms with van der Waals surface area (Å²) in [4.78, 5) is 13.5. The molecule has 1 aromatic rings. The van der Waals surface area contributed by atoms with Gasteiger partial charge in [0, 0.05) is 13.6 Å². The number of hydrogen-bond acceptors (Lipinski definition) is 2. The Hall–Kier alpha value is -1.56. The van der Waals surface area contributed by atoms with Crippen molar-refractivity contribution in [3.8, 4) is 0 Å². The Balaban J connectivity index is 2.85. The van der Waals surface area contributed by atoms with Gasteiger partial charge in [-0.2, -0.15) is 13.2 Å². The molecule has 3 nitrogen and oxygen atoms in total. The van der Waals surface area contributed by atoms with Gasteiger partial charge in [0.05, 0.1) is 12.0 Å². The molecule has 1 rings (SSSR count). The minimum Gasteiger partial charge on any atom is -0.345 e. The lowest BCUT2D eigenvalue weighted by molar-refractivity contribution is -0.138. The van der Waals surface area contributed by atoms with E-state index in [-0.39, 0.29) is 23.3 Å². The van der Waals surface area contributed by atoms with E-state index in [0.717, 1.165) is 6.07 Å². The predicted octanol–water partition coefficient (Wildman–Crippen LogP) is 2.69. The smallest absolute Gasteiger partial charge is 0.345 e. The van der Waals surface area contributed by atoms with E-state index in [2.05, 4.69) is 0 Å². The molecule has 118 valence electrons. The molecule has 0 aliphatic heterocycles. The zero-order chi connectivity index (χ0) is 16.3. The van der Waals surface area contributed by atoms with Crippen molar-refractivity contribution in [2.24, 2.45) is 11.1 Å². The molecule has 0 bridgehead atoms. The van der Waals surface area contributed by atoms with E-state index in [4.69, 9.17) is 5.73 Å². The fourth-order valence-electron chi connectivity index (χ4n) is 2.04. The summed E-state index contributed by atoms with van der Waals surface area (Å²) < 4.78 is 38.7. The number of nitrogens with two attached hydrogens (primary N) is 1. The highest BCUT2D eigenvalue weighted by Gasteiger charge is 2.33. The first-order valence-corrected chi connectivity index (χ1v) is 6.66. The number of hydrogen-bond donors (Lipinski definition) is 1. The number of benzene rings is 1. The van der Waals surface area contributed by atoms with Crippen LogP contribution in [0.25, 0.3) is 0 Å². The number of alkyl halides is 3. The molecule has 0 heterocycles. The largest absolute Gasteiger partial charge is 0.416 e. The van der Waals surface area contributed by atoms with Gasteiger partial charge in [-0.05, 0) is 23.6 Å². The summed E-state index contributed by atoms with van der Waals surface area (Å²) in [5.41, 5.74) is 4.57. The van der Waals surface area contributed by atoms with E-state index in [1.54, 1.807) is 7.05 Å². The molecule has 0 saturated heterocycles. The van der Waals surface area contributed by atoms with Crippen LogP contribution >= 0.6 is 0 Å². The molecule has 2 N–H and O–H groups in total. The molecule has 0 radical (unpaired) electrons. The summed E-state index contributed by atoms with van der Waals surface area (Å²) in [7, 11) is 1.58. The second kappa shape index (κ2) is 6.47. The van der Waals surface area contributed by atoms with Crippen LogP contribution in [0.2, 0.25) is 0 Å². The first kappa shape index (κ1) is 17.5. The SMILES string of the molecule is CN(CC(C)(C)CN)C(=O)Cc1ccccc1C(F)(F)F. The van der Waals surface area contributed by atoms with Crippen LogP contribution in [-0.2, 0) is 17.4 Å². The quantitative estimate of drug-likeness (QED) is 0.909. The monoisotopic (exact) mass is 302 g/mol. The minimum atomic E-state index is -4.45. The second-order valence-electron chi connectivity index (χ2n) is 5.95. The highest BCUT2D eigenvalue weighted by atomic mass is 19.4. The highest BCUT2D eigenvalue weighted by molar-refractivity contribution is 5.79. The van der Waals surface area contributed by atoms with Gasteiger partial charge < -0.3 is 10.6 Å². The Morgan fingerprint density at radius 3 is 2.33 bits per heavy atom. The third kappa shape index (κ3) is 5.04. The number of amides is 1. The topological polar surface area (TPSA) is 46.3 Å². The van der Waals surface area contributed by atoms with E-state index in [1.807, 2.05) is 13.8 Å². The van der Waals surface area contributed by atoms with Gasteiger partial charge in [0.25, 0.3) is 0 Å². The number of nitrogens with zero attached hydrogens (tertiary/aromatic N) is 1. The summed E-state index contributed by atoms with van der Waals surface area (Å²) in [6, 6.07) is 5.15. The van der Waals surface area contributed by atoms with E-state index in [0.29, 0.717) is 13.1 Å². The lowest BCUT2D eigenvalue weighted by Crippen LogP contribution is -2.40. The van der Waals surface area contributed by atoms with Crippen LogP contribution in [0.5, 0.6) is 0 Å². The van der Waals surface area contributed by atoms with Gasteiger partial charge in [0.1, 0.15) is 0 Å². The van der Waals surface area contributed by atoms with Crippen LogP contribution in [0.15, 0.2) is 24.3 Å². The molecule has 21 heavy (non-hydrogen) atoms. The van der Waals surface area contributed by atoms with Crippen LogP contribution in [0.3, 0.4) is 0 Å². The maximum Gasteiger partial charge on any atom is 0.416 e. The highest BCUT2D eigenvalue weighted by Crippen LogP contribution is 2.32. The fraction of sp³-hybridized carbons (Fsp3) is 0.533. The summed E-state index contributed by atoms with van der Waals surface area (Å²) >= 11 is 0. The van der Waals surface area contributed by atoms with Crippen molar-refractivity contribution in [1.29, 1.82) is 0 Å². The average Bonchev–Trinajstić information content (AvgIpc) is 2.37. The zero-order valence-electron chi connectivity index (χ0n) is 12.5. The van der Waals surface area contributed by atoms with Crippen molar-refractivity contribution < 1.29 is 18.0 Å². The lowest BCUT2D eigenvalue weighted by Gasteiger charge is -2.29. The van der Waals surface area contributed by atoms with Crippen LogP contribution in [0.4, 0.5) is 13.2 Å². The molecule has 6 heteroatoms. The van der Waals surface area contributed by atoms with Gasteiger partial charge in [-0.25, -0.2) is 0 Å². The molecule has 0 aliphatic carbocycles. The molecule has 0 fully saturated rings. The van der Waals surface area contributed by atoms with Crippen LogP contribution in [0.1, 0.15) is 25.0 Å². The number of halogens is 3. The molecule has 0 unspecified atom stereocenters. The maximum atomic E-state index is 12.9. The van der Waals surface area contributed by atoms with Gasteiger partial charge in [-0.1, -0.05) is 32.0 Å². The standard InChI is InChI=1S/C15H21F3N2O/c1-14(2,9-19)10-20(3)13(21)8-11-6-4-5-7-12(11)15(16,17)18/h4-7H,8-10,19H2,1-3H3. The molecular weight excluding hydrogens is 281 g/mol. The van der Waals surface area contributed by atoms with Crippen molar-refractivity contribution in [2.75, 3.05) is 20.1 Å². The molecule has 1 amide bonds. The van der Waals surface area contributed by atoms with Gasteiger partial charge in [-0.15, -0.1) is 0 Å². The van der Waals surface area contributed by atoms with Crippen molar-refractivity contribution >= 4 is 5.91 Å². The van der Waals surface area contributed by atoms with Gasteiger partial charge in [-0.3, -0.25) is 4.79 Å². The van der Waals surface area contributed by atoms with Crippen molar-refractivity contribution in [1.82, 2.24) is 4.90 Å². The lowest BCUT2D eigenvalue weighted by atomic mass is 9.93. The third-order valence-corrected chi connectivity index (χ3v) is 3.31. The number of carbonyl (C=O) groups excluding carboxylic acids is 1. The summed E-state index contributed by atoms with van der Waals surface area (Å²) in [6.07, 6.45) is -4.72. The Kier molecular flexibility index (Phi) is 5.39. The van der Waals surface area contributed by atoms with Crippen molar-refractivity contribution in [2.45, 2.75) is 26.4 Å².